The van der Waals surface area contributed by atoms with Crippen molar-refractivity contribution in [2.24, 2.45) is 5.73 Å². The molecule has 6 nitrogen and oxygen atoms in total. The van der Waals surface area contributed by atoms with Crippen LogP contribution in [0.4, 0.5) is 0 Å². The van der Waals surface area contributed by atoms with Crippen LogP contribution in [0.2, 0.25) is 0 Å². The average Bonchev–Trinajstić information content (AvgIpc) is 2.94. The van der Waals surface area contributed by atoms with Crippen LogP contribution in [0, 0.1) is 0 Å². The van der Waals surface area contributed by atoms with E-state index < -0.39 is 17.9 Å². The van der Waals surface area contributed by atoms with Crippen LogP contribution < -0.4 is 5.73 Å². The summed E-state index contributed by atoms with van der Waals surface area (Å²) in [7, 11) is 0. The van der Waals surface area contributed by atoms with Crippen molar-refractivity contribution in [3.63, 3.8) is 0 Å². The maximum atomic E-state index is 11.0. The first-order valence-electron chi connectivity index (χ1n) is 9.85. The van der Waals surface area contributed by atoms with Crippen molar-refractivity contribution in [3.05, 3.63) is 34.9 Å². The fraction of sp³-hybridized carbons (Fsp3) is 0.571. The minimum Gasteiger partial charge on any atom is -0.478 e. The Balaban J connectivity index is 0.000000271. The van der Waals surface area contributed by atoms with Gasteiger partial charge < -0.3 is 15.6 Å². The van der Waals surface area contributed by atoms with Gasteiger partial charge in [0, 0.05) is 0 Å². The second-order valence-corrected chi connectivity index (χ2v) is 6.71. The first kappa shape index (κ1) is 22.8. The van der Waals surface area contributed by atoms with Gasteiger partial charge in [0.1, 0.15) is 0 Å². The van der Waals surface area contributed by atoms with Crippen molar-refractivity contribution in [1.82, 2.24) is 0 Å². The lowest BCUT2D eigenvalue weighted by molar-refractivity contribution is 0.0443. The van der Waals surface area contributed by atoms with Crippen molar-refractivity contribution in [1.29, 1.82) is 0 Å². The molecule has 3 N–H and O–H groups in total. The SMILES string of the molecule is CCCCCCCCCCCCN.O=C(O)c1ccc2c(c1)C(=O)OC2=O. The van der Waals surface area contributed by atoms with Gasteiger partial charge >= 0.3 is 17.9 Å². The summed E-state index contributed by atoms with van der Waals surface area (Å²) in [4.78, 5) is 32.5. The number of nitrogens with two attached hydrogens (primary N) is 1. The molecule has 0 saturated heterocycles. The van der Waals surface area contributed by atoms with Crippen molar-refractivity contribution >= 4 is 17.9 Å². The number of cyclic esters (lactones) is 2. The number of rotatable bonds is 11. The number of benzene rings is 1. The summed E-state index contributed by atoms with van der Waals surface area (Å²) in [6.45, 7) is 3.14. The molecule has 0 atom stereocenters. The molecule has 1 aromatic carbocycles. The zero-order chi connectivity index (χ0) is 20.1. The summed E-state index contributed by atoms with van der Waals surface area (Å²) in [5.41, 5.74) is 5.50. The van der Waals surface area contributed by atoms with E-state index in [1.54, 1.807) is 0 Å². The fourth-order valence-electron chi connectivity index (χ4n) is 2.85. The summed E-state index contributed by atoms with van der Waals surface area (Å²) in [5.74, 6) is -2.69. The number of aromatic carboxylic acids is 1. The van der Waals surface area contributed by atoms with Gasteiger partial charge in [-0.25, -0.2) is 14.4 Å². The van der Waals surface area contributed by atoms with Crippen LogP contribution in [0.5, 0.6) is 0 Å². The molecule has 27 heavy (non-hydrogen) atoms. The van der Waals surface area contributed by atoms with Crippen LogP contribution in [-0.4, -0.2) is 29.6 Å². The predicted octanol–water partition coefficient (Wildman–Crippen LogP) is 4.56. The van der Waals surface area contributed by atoms with Crippen LogP contribution in [-0.2, 0) is 4.74 Å². The largest absolute Gasteiger partial charge is 0.478 e. The minimum absolute atomic E-state index is 0.00917. The van der Waals surface area contributed by atoms with Crippen LogP contribution in [0.3, 0.4) is 0 Å². The highest BCUT2D eigenvalue weighted by atomic mass is 16.6. The lowest BCUT2D eigenvalue weighted by Gasteiger charge is -2.00. The van der Waals surface area contributed by atoms with Gasteiger partial charge in [0.2, 0.25) is 0 Å². The highest BCUT2D eigenvalue weighted by Crippen LogP contribution is 2.21. The van der Waals surface area contributed by atoms with Crippen molar-refractivity contribution in [2.45, 2.75) is 71.1 Å². The molecule has 0 fully saturated rings. The first-order chi connectivity index (χ1) is 13.0. The molecular weight excluding hydrogens is 346 g/mol. The Morgan fingerprint density at radius 2 is 1.41 bits per heavy atom. The quantitative estimate of drug-likeness (QED) is 0.332. The van der Waals surface area contributed by atoms with E-state index in [0.29, 0.717) is 0 Å². The maximum absolute atomic E-state index is 11.0. The Bertz CT molecular complexity index is 617. The Kier molecular flexibility index (Phi) is 11.0. The molecule has 0 radical (unpaired) electrons. The molecule has 1 aliphatic heterocycles. The number of carbonyl (C=O) groups excluding carboxylic acids is 2. The molecule has 150 valence electrons. The van der Waals surface area contributed by atoms with Crippen molar-refractivity contribution in [3.8, 4) is 0 Å². The number of unbranched alkanes of at least 4 members (excludes halogenated alkanes) is 9. The molecule has 0 bridgehead atoms. The molecule has 0 unspecified atom stereocenters. The molecule has 0 aliphatic carbocycles. The van der Waals surface area contributed by atoms with Gasteiger partial charge in [-0.2, -0.15) is 0 Å². The van der Waals surface area contributed by atoms with E-state index in [9.17, 15) is 14.4 Å². The smallest absolute Gasteiger partial charge is 0.346 e. The molecule has 1 heterocycles. The number of ether oxygens (including phenoxy) is 1. The zero-order valence-electron chi connectivity index (χ0n) is 16.2. The summed E-state index contributed by atoms with van der Waals surface area (Å²) >= 11 is 0. The Morgan fingerprint density at radius 3 is 1.93 bits per heavy atom. The number of carboxylic acid groups (broad SMARTS) is 1. The van der Waals surface area contributed by atoms with Crippen LogP contribution in [0.1, 0.15) is 102 Å². The van der Waals surface area contributed by atoms with Crippen molar-refractivity contribution < 1.29 is 24.2 Å². The van der Waals surface area contributed by atoms with E-state index in [0.717, 1.165) is 12.6 Å². The zero-order valence-corrected chi connectivity index (χ0v) is 16.2. The highest BCUT2D eigenvalue weighted by molar-refractivity contribution is 6.15. The van der Waals surface area contributed by atoms with Crippen LogP contribution in [0.15, 0.2) is 18.2 Å². The van der Waals surface area contributed by atoms with E-state index in [2.05, 4.69) is 11.7 Å². The molecule has 0 amide bonds. The number of hydrogen-bond acceptors (Lipinski definition) is 5. The summed E-state index contributed by atoms with van der Waals surface area (Å²) in [6, 6.07) is 3.65. The van der Waals surface area contributed by atoms with Gasteiger partial charge in [0.25, 0.3) is 0 Å². The molecule has 1 aliphatic rings. The van der Waals surface area contributed by atoms with Crippen LogP contribution in [0.25, 0.3) is 0 Å². The van der Waals surface area contributed by atoms with E-state index in [-0.39, 0.29) is 16.7 Å². The minimum atomic E-state index is -1.15. The fourth-order valence-corrected chi connectivity index (χ4v) is 2.85. The predicted molar refractivity (Wildman–Crippen MR) is 104 cm³/mol. The summed E-state index contributed by atoms with van der Waals surface area (Å²) in [5, 5.41) is 8.63. The molecule has 0 saturated carbocycles. The lowest BCUT2D eigenvalue weighted by atomic mass is 10.1. The Morgan fingerprint density at radius 1 is 0.889 bits per heavy atom. The third-order valence-corrected chi connectivity index (χ3v) is 4.45. The highest BCUT2D eigenvalue weighted by Gasteiger charge is 2.30. The second-order valence-electron chi connectivity index (χ2n) is 6.71. The van der Waals surface area contributed by atoms with Gasteiger partial charge in [0.05, 0.1) is 16.7 Å². The number of hydrogen-bond donors (Lipinski definition) is 2. The number of carboxylic acids is 1. The van der Waals surface area contributed by atoms with Gasteiger partial charge in [-0.1, -0.05) is 64.7 Å². The molecule has 1 aromatic rings. The lowest BCUT2D eigenvalue weighted by Crippen LogP contribution is -2.00. The normalized spacial score (nSPS) is 12.2. The van der Waals surface area contributed by atoms with E-state index in [1.165, 1.54) is 76.3 Å². The topological polar surface area (TPSA) is 107 Å². The van der Waals surface area contributed by atoms with Crippen molar-refractivity contribution in [2.75, 3.05) is 6.54 Å². The van der Waals surface area contributed by atoms with E-state index >= 15 is 0 Å². The van der Waals surface area contributed by atoms with E-state index in [1.807, 2.05) is 0 Å². The van der Waals surface area contributed by atoms with Crippen LogP contribution >= 0.6 is 0 Å². The summed E-state index contributed by atoms with van der Waals surface area (Å²) < 4.78 is 4.30. The molecular formula is C21H31NO5. The number of fused-ring (bicyclic) bond motifs is 1. The van der Waals surface area contributed by atoms with Gasteiger partial charge in [-0.15, -0.1) is 0 Å². The molecule has 2 rings (SSSR count). The van der Waals surface area contributed by atoms with Gasteiger partial charge in [-0.3, -0.25) is 0 Å². The standard InChI is InChI=1S/C12H27N.C9H4O5/c1-2-3-4-5-6-7-8-9-10-11-12-13;10-7(11)4-1-2-5-6(3-4)9(13)14-8(5)12/h2-13H2,1H3;1-3H,(H,10,11). The van der Waals surface area contributed by atoms with Gasteiger partial charge in [0.15, 0.2) is 0 Å². The molecule has 6 heteroatoms. The molecule has 0 spiro atoms. The van der Waals surface area contributed by atoms with Gasteiger partial charge in [-0.05, 0) is 31.2 Å². The summed E-state index contributed by atoms with van der Waals surface area (Å²) in [6.07, 6.45) is 13.9. The first-order valence-corrected chi connectivity index (χ1v) is 9.85. The third kappa shape index (κ3) is 8.35. The van der Waals surface area contributed by atoms with E-state index in [4.69, 9.17) is 10.8 Å². The third-order valence-electron chi connectivity index (χ3n) is 4.45. The monoisotopic (exact) mass is 377 g/mol. The number of esters is 2. The number of carbonyl (C=O) groups is 3. The average molecular weight is 377 g/mol. The second kappa shape index (κ2) is 13.0. The maximum Gasteiger partial charge on any atom is 0.346 e. The molecule has 0 aromatic heterocycles. The Labute approximate surface area is 161 Å². The Hall–Kier alpha value is -2.21.